The standard InChI is InChI=1S/C13H27NO/c1-4-8-14-13(11(3)5-2)12-7-6-9-15-10-12/h11-14H,4-10H2,1-3H3. The van der Waals surface area contributed by atoms with Gasteiger partial charge in [-0.05, 0) is 37.6 Å². The summed E-state index contributed by atoms with van der Waals surface area (Å²) in [5, 5.41) is 3.71. The zero-order valence-electron chi connectivity index (χ0n) is 10.6. The van der Waals surface area contributed by atoms with Crippen LogP contribution in [0, 0.1) is 11.8 Å². The molecular formula is C13H27NO. The van der Waals surface area contributed by atoms with Gasteiger partial charge < -0.3 is 10.1 Å². The van der Waals surface area contributed by atoms with Crippen molar-refractivity contribution in [3.05, 3.63) is 0 Å². The molecule has 0 radical (unpaired) electrons. The Morgan fingerprint density at radius 3 is 2.73 bits per heavy atom. The van der Waals surface area contributed by atoms with E-state index in [1.807, 2.05) is 0 Å². The van der Waals surface area contributed by atoms with Gasteiger partial charge in [0.2, 0.25) is 0 Å². The molecular weight excluding hydrogens is 186 g/mol. The summed E-state index contributed by atoms with van der Waals surface area (Å²) in [6.45, 7) is 9.96. The molecule has 0 amide bonds. The number of nitrogens with one attached hydrogen (secondary N) is 1. The fourth-order valence-corrected chi connectivity index (χ4v) is 2.45. The predicted molar refractivity (Wildman–Crippen MR) is 65.1 cm³/mol. The SMILES string of the molecule is CCCNC(C(C)CC)C1CCCOC1. The summed E-state index contributed by atoms with van der Waals surface area (Å²) in [5.41, 5.74) is 0. The van der Waals surface area contributed by atoms with Gasteiger partial charge in [0.05, 0.1) is 6.61 Å². The molecule has 1 fully saturated rings. The Morgan fingerprint density at radius 1 is 1.40 bits per heavy atom. The van der Waals surface area contributed by atoms with Gasteiger partial charge in [0.1, 0.15) is 0 Å². The predicted octanol–water partition coefficient (Wildman–Crippen LogP) is 2.83. The fourth-order valence-electron chi connectivity index (χ4n) is 2.45. The van der Waals surface area contributed by atoms with E-state index < -0.39 is 0 Å². The molecule has 1 heterocycles. The second-order valence-corrected chi connectivity index (χ2v) is 4.84. The van der Waals surface area contributed by atoms with Crippen LogP contribution in [-0.4, -0.2) is 25.8 Å². The molecule has 0 aromatic rings. The first-order chi connectivity index (χ1) is 7.29. The molecule has 3 unspecified atom stereocenters. The van der Waals surface area contributed by atoms with Crippen molar-refractivity contribution < 1.29 is 4.74 Å². The summed E-state index contributed by atoms with van der Waals surface area (Å²) >= 11 is 0. The Labute approximate surface area is 94.8 Å². The Morgan fingerprint density at radius 2 is 2.20 bits per heavy atom. The lowest BCUT2D eigenvalue weighted by atomic mass is 9.84. The third-order valence-electron chi connectivity index (χ3n) is 3.59. The van der Waals surface area contributed by atoms with Crippen molar-refractivity contribution in [2.45, 2.75) is 52.5 Å². The molecule has 90 valence electrons. The maximum absolute atomic E-state index is 5.60. The summed E-state index contributed by atoms with van der Waals surface area (Å²) in [6, 6.07) is 0.662. The maximum atomic E-state index is 5.60. The van der Waals surface area contributed by atoms with Crippen molar-refractivity contribution in [1.29, 1.82) is 0 Å². The van der Waals surface area contributed by atoms with E-state index in [2.05, 4.69) is 26.1 Å². The van der Waals surface area contributed by atoms with E-state index in [0.29, 0.717) is 6.04 Å². The van der Waals surface area contributed by atoms with Crippen LogP contribution in [0.2, 0.25) is 0 Å². The van der Waals surface area contributed by atoms with Crippen molar-refractivity contribution in [3.63, 3.8) is 0 Å². The second kappa shape index (κ2) is 7.24. The Balaban J connectivity index is 2.45. The fraction of sp³-hybridized carbons (Fsp3) is 1.00. The lowest BCUT2D eigenvalue weighted by Crippen LogP contribution is -2.44. The van der Waals surface area contributed by atoms with Gasteiger partial charge in [0.15, 0.2) is 0 Å². The highest BCUT2D eigenvalue weighted by Crippen LogP contribution is 2.24. The molecule has 1 saturated heterocycles. The number of ether oxygens (including phenoxy) is 1. The molecule has 0 saturated carbocycles. The van der Waals surface area contributed by atoms with Crippen LogP contribution in [0.15, 0.2) is 0 Å². The smallest absolute Gasteiger partial charge is 0.0509 e. The maximum Gasteiger partial charge on any atom is 0.0509 e. The molecule has 1 aliphatic rings. The van der Waals surface area contributed by atoms with E-state index in [0.717, 1.165) is 31.6 Å². The van der Waals surface area contributed by atoms with E-state index in [9.17, 15) is 0 Å². The van der Waals surface area contributed by atoms with E-state index in [1.165, 1.54) is 25.7 Å². The molecule has 15 heavy (non-hydrogen) atoms. The summed E-state index contributed by atoms with van der Waals surface area (Å²) in [6.07, 6.45) is 5.06. The van der Waals surface area contributed by atoms with Crippen molar-refractivity contribution >= 4 is 0 Å². The first-order valence-corrected chi connectivity index (χ1v) is 6.60. The quantitative estimate of drug-likeness (QED) is 0.732. The first-order valence-electron chi connectivity index (χ1n) is 6.60. The van der Waals surface area contributed by atoms with Crippen molar-refractivity contribution in [2.24, 2.45) is 11.8 Å². The molecule has 3 atom stereocenters. The highest BCUT2D eigenvalue weighted by atomic mass is 16.5. The number of hydrogen-bond donors (Lipinski definition) is 1. The highest BCUT2D eigenvalue weighted by Gasteiger charge is 2.27. The Hall–Kier alpha value is -0.0800. The van der Waals surface area contributed by atoms with Crippen molar-refractivity contribution in [2.75, 3.05) is 19.8 Å². The van der Waals surface area contributed by atoms with Gasteiger partial charge in [0.25, 0.3) is 0 Å². The largest absolute Gasteiger partial charge is 0.381 e. The van der Waals surface area contributed by atoms with Crippen LogP contribution in [0.25, 0.3) is 0 Å². The third-order valence-corrected chi connectivity index (χ3v) is 3.59. The second-order valence-electron chi connectivity index (χ2n) is 4.84. The number of hydrogen-bond acceptors (Lipinski definition) is 2. The molecule has 0 aromatic heterocycles. The highest BCUT2D eigenvalue weighted by molar-refractivity contribution is 4.82. The molecule has 0 spiro atoms. The Bertz CT molecular complexity index is 155. The number of rotatable bonds is 6. The molecule has 1 N–H and O–H groups in total. The van der Waals surface area contributed by atoms with Gasteiger partial charge >= 0.3 is 0 Å². The van der Waals surface area contributed by atoms with E-state index >= 15 is 0 Å². The average Bonchev–Trinajstić information content (AvgIpc) is 2.30. The van der Waals surface area contributed by atoms with Gasteiger partial charge in [-0.3, -0.25) is 0 Å². The van der Waals surface area contributed by atoms with Crippen LogP contribution < -0.4 is 5.32 Å². The molecule has 2 nitrogen and oxygen atoms in total. The van der Waals surface area contributed by atoms with E-state index in [1.54, 1.807) is 0 Å². The van der Waals surface area contributed by atoms with Gasteiger partial charge in [-0.2, -0.15) is 0 Å². The van der Waals surface area contributed by atoms with Crippen LogP contribution in [0.4, 0.5) is 0 Å². The minimum atomic E-state index is 0.662. The Kier molecular flexibility index (Phi) is 6.26. The molecule has 0 aliphatic carbocycles. The molecule has 1 rings (SSSR count). The summed E-state index contributed by atoms with van der Waals surface area (Å²) in [5.74, 6) is 1.50. The monoisotopic (exact) mass is 213 g/mol. The van der Waals surface area contributed by atoms with Crippen LogP contribution in [-0.2, 0) is 4.74 Å². The van der Waals surface area contributed by atoms with Gasteiger partial charge in [-0.1, -0.05) is 27.2 Å². The van der Waals surface area contributed by atoms with Crippen LogP contribution in [0.5, 0.6) is 0 Å². The van der Waals surface area contributed by atoms with E-state index in [4.69, 9.17) is 4.74 Å². The lowest BCUT2D eigenvalue weighted by Gasteiger charge is -2.34. The summed E-state index contributed by atoms with van der Waals surface area (Å²) < 4.78 is 5.60. The topological polar surface area (TPSA) is 21.3 Å². The van der Waals surface area contributed by atoms with Crippen LogP contribution >= 0.6 is 0 Å². The van der Waals surface area contributed by atoms with Crippen molar-refractivity contribution in [3.8, 4) is 0 Å². The minimum absolute atomic E-state index is 0.662. The zero-order chi connectivity index (χ0) is 11.1. The van der Waals surface area contributed by atoms with Gasteiger partial charge in [-0.25, -0.2) is 0 Å². The van der Waals surface area contributed by atoms with Crippen LogP contribution in [0.3, 0.4) is 0 Å². The molecule has 0 aromatic carbocycles. The normalized spacial score (nSPS) is 26.2. The first kappa shape index (κ1) is 13.0. The van der Waals surface area contributed by atoms with Crippen molar-refractivity contribution in [1.82, 2.24) is 5.32 Å². The summed E-state index contributed by atoms with van der Waals surface area (Å²) in [4.78, 5) is 0. The van der Waals surface area contributed by atoms with Crippen LogP contribution in [0.1, 0.15) is 46.5 Å². The summed E-state index contributed by atoms with van der Waals surface area (Å²) in [7, 11) is 0. The molecule has 2 heteroatoms. The zero-order valence-corrected chi connectivity index (χ0v) is 10.6. The van der Waals surface area contributed by atoms with E-state index in [-0.39, 0.29) is 0 Å². The molecule has 1 aliphatic heterocycles. The molecule has 0 bridgehead atoms. The third kappa shape index (κ3) is 4.12. The van der Waals surface area contributed by atoms with Gasteiger partial charge in [0, 0.05) is 12.6 Å². The average molecular weight is 213 g/mol. The lowest BCUT2D eigenvalue weighted by molar-refractivity contribution is 0.0298. The minimum Gasteiger partial charge on any atom is -0.381 e. The van der Waals surface area contributed by atoms with Gasteiger partial charge in [-0.15, -0.1) is 0 Å².